The van der Waals surface area contributed by atoms with E-state index in [2.05, 4.69) is 39.5 Å². The molecular weight excluding hydrogens is 448 g/mol. The molecule has 29 heavy (non-hydrogen) atoms. The smallest absolute Gasteiger partial charge is 0.0545 e. The average Bonchev–Trinajstić information content (AvgIpc) is 2.76. The molecule has 2 fully saturated rings. The van der Waals surface area contributed by atoms with E-state index in [4.69, 9.17) is 25.2 Å². The number of nitrogens with one attached hydrogen (secondary N) is 4. The summed E-state index contributed by atoms with van der Waals surface area (Å²) in [7, 11) is 9.59. The van der Waals surface area contributed by atoms with Crippen LogP contribution in [0.2, 0.25) is 0 Å². The zero-order valence-corrected chi connectivity index (χ0v) is 19.8. The summed E-state index contributed by atoms with van der Waals surface area (Å²) in [5, 5.41) is 15.2. The van der Waals surface area contributed by atoms with Gasteiger partial charge in [0, 0.05) is 50.3 Å². The summed E-state index contributed by atoms with van der Waals surface area (Å²) < 4.78 is 0. The van der Waals surface area contributed by atoms with Crippen LogP contribution < -0.4 is 21.3 Å². The van der Waals surface area contributed by atoms with Crippen molar-refractivity contribution < 1.29 is 13.1 Å². The first-order valence-electron chi connectivity index (χ1n) is 11.1. The Bertz CT molecular complexity index is 549. The Morgan fingerprint density at radius 2 is 1.07 bits per heavy atom. The van der Waals surface area contributed by atoms with Gasteiger partial charge in [-0.15, -0.1) is 0 Å². The molecule has 2 aliphatic carbocycles. The second kappa shape index (κ2) is 13.5. The zero-order chi connectivity index (χ0) is 20.3. The molecule has 1 aliphatic heterocycles. The van der Waals surface area contributed by atoms with Crippen molar-refractivity contribution in [1.29, 1.82) is 0 Å². The normalized spacial score (nSPS) is 31.1. The molecule has 4 rings (SSSR count). The summed E-state index contributed by atoms with van der Waals surface area (Å²) in [5.74, 6) is 0. The van der Waals surface area contributed by atoms with Gasteiger partial charge in [0.2, 0.25) is 0 Å². The molecule has 3 unspecified atom stereocenters. The first-order valence-corrected chi connectivity index (χ1v) is 14.3. The number of fused-ring (bicyclic) bond motifs is 4. The Morgan fingerprint density at radius 3 is 1.48 bits per heavy atom. The second-order valence-corrected chi connectivity index (χ2v) is 10.3. The number of halogens is 2. The van der Waals surface area contributed by atoms with Crippen LogP contribution >= 0.6 is 20.2 Å². The van der Waals surface area contributed by atoms with E-state index < -0.39 is 0 Å². The van der Waals surface area contributed by atoms with E-state index >= 15 is 0 Å². The third kappa shape index (κ3) is 7.93. The van der Waals surface area contributed by atoms with Gasteiger partial charge in [0.25, 0.3) is 0 Å². The molecule has 2 saturated carbocycles. The molecule has 4 N–H and O–H groups in total. The Morgan fingerprint density at radius 1 is 0.690 bits per heavy atom. The van der Waals surface area contributed by atoms with Crippen molar-refractivity contribution in [2.45, 2.75) is 88.6 Å². The number of pyridine rings is 1. The van der Waals surface area contributed by atoms with Crippen LogP contribution in [-0.2, 0) is 26.2 Å². The standard InChI is InChI=1S/C21H35N5.2ClH.Mn/c1-3-10-20-18(8-1)22-12-13-23-19-9-2-4-11-21(19)25-15-17-7-5-6-16(26-17)14-24-20;;;/h5-7,18-25H,1-4,8-15H2;2*1H;/q;;;+2/p-2/t18?,19?,20-,21?;;;/m1.../s1. The first-order chi connectivity index (χ1) is 14.3. The fourth-order valence-corrected chi connectivity index (χ4v) is 4.95. The van der Waals surface area contributed by atoms with Crippen molar-refractivity contribution in [3.8, 4) is 0 Å². The molecule has 0 amide bonds. The minimum atomic E-state index is 0.00694. The van der Waals surface area contributed by atoms with E-state index in [0.717, 1.165) is 26.2 Å². The molecular formula is C21H35Cl2MnN5. The predicted molar refractivity (Wildman–Crippen MR) is 118 cm³/mol. The minimum absolute atomic E-state index is 0.00694. The van der Waals surface area contributed by atoms with E-state index in [-0.39, 0.29) is 13.1 Å². The molecule has 5 nitrogen and oxygen atoms in total. The fraction of sp³-hybridized carbons (Fsp3) is 0.762. The van der Waals surface area contributed by atoms with Gasteiger partial charge in [-0.25, -0.2) is 0 Å². The van der Waals surface area contributed by atoms with Crippen LogP contribution in [0, 0.1) is 0 Å². The van der Waals surface area contributed by atoms with Crippen LogP contribution in [0.4, 0.5) is 0 Å². The third-order valence-electron chi connectivity index (χ3n) is 6.43. The SMILES string of the molecule is [Cl][Mn][Cl].c1cc2nc(c1)CN[C@@H]1CCCCC1NCCNC1CCCCC1NC2. The van der Waals surface area contributed by atoms with Crippen LogP contribution in [0.25, 0.3) is 0 Å². The Balaban J connectivity index is 0.000000755. The van der Waals surface area contributed by atoms with Crippen LogP contribution in [-0.4, -0.2) is 42.2 Å². The van der Waals surface area contributed by atoms with Crippen molar-refractivity contribution in [2.75, 3.05) is 13.1 Å². The van der Waals surface area contributed by atoms with Gasteiger partial charge in [0.15, 0.2) is 0 Å². The molecule has 0 spiro atoms. The summed E-state index contributed by atoms with van der Waals surface area (Å²) in [5.41, 5.74) is 2.34. The summed E-state index contributed by atoms with van der Waals surface area (Å²) in [6.45, 7) is 3.89. The van der Waals surface area contributed by atoms with E-state index in [1.165, 1.54) is 62.8 Å². The number of rotatable bonds is 0. The molecule has 0 radical (unpaired) electrons. The van der Waals surface area contributed by atoms with Gasteiger partial charge < -0.3 is 21.3 Å². The quantitative estimate of drug-likeness (QED) is 0.426. The van der Waals surface area contributed by atoms with Crippen LogP contribution in [0.3, 0.4) is 0 Å². The van der Waals surface area contributed by atoms with E-state index in [0.29, 0.717) is 24.2 Å². The number of hydrogen-bond donors (Lipinski definition) is 4. The number of aromatic nitrogens is 1. The van der Waals surface area contributed by atoms with Gasteiger partial charge in [0.1, 0.15) is 0 Å². The Hall–Kier alpha value is 0.0895. The molecule has 2 heterocycles. The first kappa shape index (κ1) is 23.7. The van der Waals surface area contributed by atoms with Crippen molar-refractivity contribution in [2.24, 2.45) is 0 Å². The van der Waals surface area contributed by atoms with Crippen molar-refractivity contribution in [3.05, 3.63) is 29.6 Å². The van der Waals surface area contributed by atoms with Gasteiger partial charge in [-0.05, 0) is 37.8 Å². The maximum absolute atomic E-state index is 4.89. The molecule has 3 aliphatic rings. The molecule has 0 aromatic carbocycles. The van der Waals surface area contributed by atoms with Gasteiger partial charge >= 0.3 is 33.3 Å². The summed E-state index contributed by atoms with van der Waals surface area (Å²) in [4.78, 5) is 4.89. The summed E-state index contributed by atoms with van der Waals surface area (Å²) in [6.07, 6.45) is 10.5. The minimum Gasteiger partial charge on any atom is -0.311 e. The monoisotopic (exact) mass is 482 g/mol. The Labute approximate surface area is 190 Å². The Kier molecular flexibility index (Phi) is 11.0. The van der Waals surface area contributed by atoms with Crippen LogP contribution in [0.1, 0.15) is 62.8 Å². The van der Waals surface area contributed by atoms with E-state index in [1.54, 1.807) is 0 Å². The number of nitrogens with zero attached hydrogens (tertiary/aromatic N) is 1. The molecule has 1 aromatic heterocycles. The predicted octanol–water partition coefficient (Wildman–Crippen LogP) is 3.45. The molecule has 0 saturated heterocycles. The van der Waals surface area contributed by atoms with Crippen LogP contribution in [0.5, 0.6) is 0 Å². The zero-order valence-electron chi connectivity index (χ0n) is 17.1. The third-order valence-corrected chi connectivity index (χ3v) is 6.43. The number of hydrogen-bond acceptors (Lipinski definition) is 5. The van der Waals surface area contributed by atoms with Crippen molar-refractivity contribution in [1.82, 2.24) is 26.3 Å². The van der Waals surface area contributed by atoms with Gasteiger partial charge in [0.05, 0.1) is 11.4 Å². The second-order valence-electron chi connectivity index (χ2n) is 8.34. The topological polar surface area (TPSA) is 61.0 Å². The van der Waals surface area contributed by atoms with Gasteiger partial charge in [-0.2, -0.15) is 0 Å². The molecule has 4 atom stereocenters. The maximum Gasteiger partial charge on any atom is 0.0545 e. The van der Waals surface area contributed by atoms with Crippen LogP contribution in [0.15, 0.2) is 18.2 Å². The maximum atomic E-state index is 4.89. The van der Waals surface area contributed by atoms with Crippen molar-refractivity contribution >= 4 is 20.2 Å². The van der Waals surface area contributed by atoms with Gasteiger partial charge in [-0.1, -0.05) is 31.7 Å². The van der Waals surface area contributed by atoms with Crippen molar-refractivity contribution in [3.63, 3.8) is 0 Å². The summed E-state index contributed by atoms with van der Waals surface area (Å²) in [6, 6.07) is 8.81. The largest absolute Gasteiger partial charge is 0.311 e. The van der Waals surface area contributed by atoms with Gasteiger partial charge in [-0.3, -0.25) is 4.98 Å². The fourth-order valence-electron chi connectivity index (χ4n) is 4.95. The molecule has 8 heteroatoms. The average molecular weight is 483 g/mol. The summed E-state index contributed by atoms with van der Waals surface area (Å²) >= 11 is 0.00694. The van der Waals surface area contributed by atoms with E-state index in [9.17, 15) is 0 Å². The molecule has 1 aromatic rings. The molecule has 165 valence electrons. The van der Waals surface area contributed by atoms with E-state index in [1.807, 2.05) is 0 Å². The molecule has 2 bridgehead atoms.